The second-order valence-corrected chi connectivity index (χ2v) is 9.96. The monoisotopic (exact) mass is 559 g/mol. The van der Waals surface area contributed by atoms with Crippen LogP contribution in [0.25, 0.3) is 22.4 Å². The normalized spacial score (nSPS) is 13.7. The Kier molecular flexibility index (Phi) is 8.42. The van der Waals surface area contributed by atoms with Crippen molar-refractivity contribution in [1.82, 2.24) is 14.9 Å². The molecule has 0 atom stereocenters. The molecule has 3 heterocycles. The number of H-pyrrole nitrogens is 1. The van der Waals surface area contributed by atoms with E-state index in [1.54, 1.807) is 36.4 Å². The van der Waals surface area contributed by atoms with Crippen molar-refractivity contribution >= 4 is 12.1 Å². The van der Waals surface area contributed by atoms with Crippen LogP contribution in [0.4, 0.5) is 13.6 Å². The van der Waals surface area contributed by atoms with Crippen molar-refractivity contribution < 1.29 is 27.8 Å². The lowest BCUT2D eigenvalue weighted by Gasteiger charge is -2.31. The Hall–Kier alpha value is -4.53. The molecular weight excluding hydrogens is 528 g/mol. The number of esters is 1. The molecule has 2 aromatic heterocycles. The quantitative estimate of drug-likeness (QED) is 0.246. The van der Waals surface area contributed by atoms with Gasteiger partial charge in [0.25, 0.3) is 0 Å². The van der Waals surface area contributed by atoms with Gasteiger partial charge in [0, 0.05) is 48.2 Å². The number of hydrogen-bond acceptors (Lipinski definition) is 5. The van der Waals surface area contributed by atoms with Gasteiger partial charge in [0.1, 0.15) is 6.61 Å². The Morgan fingerprint density at radius 1 is 1.00 bits per heavy atom. The molecule has 1 aliphatic rings. The summed E-state index contributed by atoms with van der Waals surface area (Å²) in [5.74, 6) is -2.52. The van der Waals surface area contributed by atoms with Crippen LogP contribution >= 0.6 is 0 Å². The predicted octanol–water partition coefficient (Wildman–Crippen LogP) is 7.02. The van der Waals surface area contributed by atoms with Crippen molar-refractivity contribution in [3.63, 3.8) is 0 Å². The van der Waals surface area contributed by atoms with E-state index in [1.807, 2.05) is 30.3 Å². The van der Waals surface area contributed by atoms with Crippen molar-refractivity contribution in [3.8, 4) is 22.4 Å². The van der Waals surface area contributed by atoms with E-state index in [0.717, 1.165) is 11.6 Å². The molecular formula is C32H31F2N3O4. The van der Waals surface area contributed by atoms with Gasteiger partial charge in [-0.2, -0.15) is 0 Å². The fraction of sp³-hybridized carbons (Fsp3) is 0.281. The molecule has 0 aliphatic carbocycles. The molecule has 1 amide bonds. The summed E-state index contributed by atoms with van der Waals surface area (Å²) < 4.78 is 39.7. The number of benzene rings is 2. The second kappa shape index (κ2) is 12.3. The van der Waals surface area contributed by atoms with Gasteiger partial charge in [-0.1, -0.05) is 30.3 Å². The highest BCUT2D eigenvalue weighted by Crippen LogP contribution is 2.43. The maximum absolute atomic E-state index is 14.7. The third kappa shape index (κ3) is 5.84. The zero-order chi connectivity index (χ0) is 28.9. The van der Waals surface area contributed by atoms with Gasteiger partial charge in [-0.15, -0.1) is 0 Å². The molecule has 0 radical (unpaired) electrons. The zero-order valence-electron chi connectivity index (χ0n) is 23.0. The number of pyridine rings is 1. The predicted molar refractivity (Wildman–Crippen MR) is 150 cm³/mol. The number of hydrogen-bond donors (Lipinski definition) is 1. The highest BCUT2D eigenvalue weighted by atomic mass is 19.2. The molecule has 7 nitrogen and oxygen atoms in total. The van der Waals surface area contributed by atoms with Gasteiger partial charge in [-0.05, 0) is 67.6 Å². The average molecular weight is 560 g/mol. The molecule has 0 spiro atoms. The van der Waals surface area contributed by atoms with Crippen LogP contribution in [0.15, 0.2) is 67.0 Å². The van der Waals surface area contributed by atoms with Gasteiger partial charge in [0.2, 0.25) is 0 Å². The maximum atomic E-state index is 14.7. The highest BCUT2D eigenvalue weighted by molar-refractivity contribution is 6.03. The fourth-order valence-electron chi connectivity index (χ4n) is 5.33. The Morgan fingerprint density at radius 3 is 2.39 bits per heavy atom. The van der Waals surface area contributed by atoms with Crippen LogP contribution in [0.2, 0.25) is 0 Å². The summed E-state index contributed by atoms with van der Waals surface area (Å²) in [6.45, 7) is 4.47. The van der Waals surface area contributed by atoms with E-state index in [-0.39, 0.29) is 30.8 Å². The van der Waals surface area contributed by atoms with Crippen LogP contribution in [-0.4, -0.2) is 46.6 Å². The van der Waals surface area contributed by atoms with E-state index < -0.39 is 17.6 Å². The van der Waals surface area contributed by atoms with Gasteiger partial charge in [0.15, 0.2) is 11.6 Å². The van der Waals surface area contributed by atoms with Crippen LogP contribution in [-0.2, 0) is 16.1 Å². The van der Waals surface area contributed by atoms with Crippen LogP contribution in [0.5, 0.6) is 0 Å². The number of likely N-dealkylation sites (tertiary alicyclic amines) is 1. The fourth-order valence-corrected chi connectivity index (χ4v) is 5.33. The largest absolute Gasteiger partial charge is 0.462 e. The van der Waals surface area contributed by atoms with E-state index in [9.17, 15) is 18.4 Å². The summed E-state index contributed by atoms with van der Waals surface area (Å²) in [6, 6.07) is 15.6. The van der Waals surface area contributed by atoms with E-state index in [0.29, 0.717) is 59.6 Å². The lowest BCUT2D eigenvalue weighted by atomic mass is 9.89. The van der Waals surface area contributed by atoms with Crippen molar-refractivity contribution in [2.45, 2.75) is 39.2 Å². The number of carbonyl (C=O) groups excluding carboxylic acids is 2. The van der Waals surface area contributed by atoms with E-state index in [4.69, 9.17) is 9.47 Å². The minimum Gasteiger partial charge on any atom is -0.462 e. The first-order chi connectivity index (χ1) is 19.9. The van der Waals surface area contributed by atoms with E-state index >= 15 is 0 Å². The van der Waals surface area contributed by atoms with Crippen molar-refractivity contribution in [3.05, 3.63) is 101 Å². The first-order valence-electron chi connectivity index (χ1n) is 13.6. The van der Waals surface area contributed by atoms with Crippen LogP contribution < -0.4 is 0 Å². The standard InChI is InChI=1S/C32H31F2N3O4/c1-3-40-31(38)27-26(22-11-15-35-16-12-22)30(24-9-10-25(33)28(34)20(24)2)36-29(27)23-13-17-37(18-14-23)32(39)41-19-21-7-5-4-6-8-21/h4-12,15-16,23,36H,3,13-14,17-19H2,1-2H3. The number of nitrogens with one attached hydrogen (secondary N) is 1. The van der Waals surface area contributed by atoms with Crippen LogP contribution in [0.3, 0.4) is 0 Å². The summed E-state index contributed by atoms with van der Waals surface area (Å²) in [5, 5.41) is 0. The lowest BCUT2D eigenvalue weighted by molar-refractivity contribution is 0.0523. The number of halogens is 2. The Balaban J connectivity index is 1.49. The number of rotatable bonds is 7. The number of ether oxygens (including phenoxy) is 2. The highest BCUT2D eigenvalue weighted by Gasteiger charge is 2.33. The van der Waals surface area contributed by atoms with Gasteiger partial charge < -0.3 is 19.4 Å². The SMILES string of the molecule is CCOC(=O)c1c(C2CCN(C(=O)OCc3ccccc3)CC2)[nH]c(-c2ccc(F)c(F)c2C)c1-c1ccncc1. The van der Waals surface area contributed by atoms with Gasteiger partial charge in [-0.3, -0.25) is 4.98 Å². The molecule has 0 unspecified atom stereocenters. The number of carbonyl (C=O) groups is 2. The second-order valence-electron chi connectivity index (χ2n) is 9.96. The molecule has 1 fully saturated rings. The topological polar surface area (TPSA) is 84.5 Å². The van der Waals surface area contributed by atoms with Crippen molar-refractivity contribution in [2.75, 3.05) is 19.7 Å². The average Bonchev–Trinajstić information content (AvgIpc) is 3.40. The summed E-state index contributed by atoms with van der Waals surface area (Å²) >= 11 is 0. The van der Waals surface area contributed by atoms with Crippen molar-refractivity contribution in [1.29, 1.82) is 0 Å². The molecule has 0 saturated carbocycles. The summed E-state index contributed by atoms with van der Waals surface area (Å²) in [7, 11) is 0. The number of piperidine rings is 1. The zero-order valence-corrected chi connectivity index (χ0v) is 23.0. The molecule has 0 bridgehead atoms. The summed E-state index contributed by atoms with van der Waals surface area (Å²) in [5.41, 5.74) is 4.19. The summed E-state index contributed by atoms with van der Waals surface area (Å²) in [4.78, 5) is 35.4. The smallest absolute Gasteiger partial charge is 0.410 e. The van der Waals surface area contributed by atoms with E-state index in [1.165, 1.54) is 13.0 Å². The Labute approximate surface area is 237 Å². The first kappa shape index (κ1) is 28.0. The number of amides is 1. The molecule has 1 saturated heterocycles. The minimum absolute atomic E-state index is 0.118. The van der Waals surface area contributed by atoms with Gasteiger partial charge >= 0.3 is 12.1 Å². The van der Waals surface area contributed by atoms with Crippen molar-refractivity contribution in [2.24, 2.45) is 0 Å². The molecule has 4 aromatic rings. The van der Waals surface area contributed by atoms with Gasteiger partial charge in [0.05, 0.1) is 17.9 Å². The van der Waals surface area contributed by atoms with E-state index in [2.05, 4.69) is 9.97 Å². The number of aromatic nitrogens is 2. The van der Waals surface area contributed by atoms with Crippen LogP contribution in [0, 0.1) is 18.6 Å². The third-order valence-electron chi connectivity index (χ3n) is 7.45. The Morgan fingerprint density at radius 2 is 1.71 bits per heavy atom. The Bertz CT molecular complexity index is 1530. The molecule has 1 N–H and O–H groups in total. The number of aromatic amines is 1. The minimum atomic E-state index is -0.945. The lowest BCUT2D eigenvalue weighted by Crippen LogP contribution is -2.38. The molecule has 2 aromatic carbocycles. The molecule has 212 valence electrons. The molecule has 1 aliphatic heterocycles. The molecule has 5 rings (SSSR count). The number of nitrogens with zero attached hydrogens (tertiary/aromatic N) is 2. The molecule has 9 heteroatoms. The third-order valence-corrected chi connectivity index (χ3v) is 7.45. The summed E-state index contributed by atoms with van der Waals surface area (Å²) in [6.07, 6.45) is 3.97. The van der Waals surface area contributed by atoms with Crippen LogP contribution in [0.1, 0.15) is 52.9 Å². The van der Waals surface area contributed by atoms with Gasteiger partial charge in [-0.25, -0.2) is 18.4 Å². The first-order valence-corrected chi connectivity index (χ1v) is 13.6. The maximum Gasteiger partial charge on any atom is 0.410 e. The molecule has 41 heavy (non-hydrogen) atoms.